The minimum absolute atomic E-state index is 0.142. The van der Waals surface area contributed by atoms with Gasteiger partial charge in [0.2, 0.25) is 0 Å². The van der Waals surface area contributed by atoms with Crippen molar-refractivity contribution in [1.82, 2.24) is 19.3 Å². The first-order valence-electron chi connectivity index (χ1n) is 8.05. The minimum atomic E-state index is -0.487. The number of fused-ring (bicyclic) bond motifs is 4. The molecule has 0 amide bonds. The lowest BCUT2D eigenvalue weighted by Gasteiger charge is -2.33. The second-order valence-corrected chi connectivity index (χ2v) is 6.54. The molecule has 3 atom stereocenters. The number of aliphatic hydroxyl groups is 1. The van der Waals surface area contributed by atoms with E-state index in [2.05, 4.69) is 38.9 Å². The molecule has 0 saturated carbocycles. The fourth-order valence-corrected chi connectivity index (χ4v) is 4.37. The van der Waals surface area contributed by atoms with Crippen molar-refractivity contribution in [1.29, 1.82) is 0 Å². The smallest absolute Gasteiger partial charge is 0.0956 e. The molecular weight excluding hydrogens is 288 g/mol. The fraction of sp³-hybridized carbons (Fsp3) is 0.333. The van der Waals surface area contributed by atoms with E-state index in [1.54, 1.807) is 0 Å². The maximum Gasteiger partial charge on any atom is 0.0956 e. The van der Waals surface area contributed by atoms with Crippen LogP contribution in [0.5, 0.6) is 0 Å². The largest absolute Gasteiger partial charge is 0.388 e. The normalized spacial score (nSPS) is 25.0. The molecule has 0 bridgehead atoms. The van der Waals surface area contributed by atoms with Crippen LogP contribution in [0.1, 0.15) is 35.4 Å². The van der Waals surface area contributed by atoms with Gasteiger partial charge in [-0.05, 0) is 18.4 Å². The van der Waals surface area contributed by atoms with Crippen LogP contribution in [0.25, 0.3) is 11.3 Å². The third-order valence-corrected chi connectivity index (χ3v) is 5.46. The van der Waals surface area contributed by atoms with Gasteiger partial charge in [0.15, 0.2) is 0 Å². The monoisotopic (exact) mass is 306 g/mol. The van der Waals surface area contributed by atoms with Crippen LogP contribution < -0.4 is 0 Å². The first kappa shape index (κ1) is 13.1. The maximum atomic E-state index is 11.0. The topological polar surface area (TPSA) is 55.9 Å². The summed E-state index contributed by atoms with van der Waals surface area (Å²) in [6, 6.07) is 8.62. The number of nitrogens with zero attached hydrogens (tertiary/aromatic N) is 4. The summed E-state index contributed by atoms with van der Waals surface area (Å²) in [5.41, 5.74) is 5.82. The van der Waals surface area contributed by atoms with Gasteiger partial charge in [0.25, 0.3) is 0 Å². The number of rotatable bonds is 1. The van der Waals surface area contributed by atoms with Crippen molar-refractivity contribution in [2.45, 2.75) is 25.0 Å². The summed E-state index contributed by atoms with van der Waals surface area (Å²) in [5, 5.41) is 15.3. The van der Waals surface area contributed by atoms with Crippen molar-refractivity contribution in [2.75, 3.05) is 0 Å². The first-order valence-corrected chi connectivity index (χ1v) is 8.05. The molecule has 5 rings (SSSR count). The van der Waals surface area contributed by atoms with E-state index in [4.69, 9.17) is 0 Å². The number of imidazole rings is 1. The molecule has 0 radical (unpaired) electrons. The van der Waals surface area contributed by atoms with Crippen LogP contribution in [-0.4, -0.2) is 24.4 Å². The average molecular weight is 306 g/mol. The number of aromatic nitrogens is 4. The summed E-state index contributed by atoms with van der Waals surface area (Å²) < 4.78 is 4.11. The highest BCUT2D eigenvalue weighted by Crippen LogP contribution is 2.49. The molecule has 1 aromatic carbocycles. The van der Waals surface area contributed by atoms with Crippen LogP contribution in [0.4, 0.5) is 0 Å². The Bertz CT molecular complexity index is 894. The highest BCUT2D eigenvalue weighted by atomic mass is 16.3. The lowest BCUT2D eigenvalue weighted by atomic mass is 9.78. The number of hydrogen-bond acceptors (Lipinski definition) is 3. The Labute approximate surface area is 134 Å². The Morgan fingerprint density at radius 2 is 2.04 bits per heavy atom. The Morgan fingerprint density at radius 3 is 2.96 bits per heavy atom. The van der Waals surface area contributed by atoms with Gasteiger partial charge in [-0.1, -0.05) is 24.3 Å². The Balaban J connectivity index is 1.63. The summed E-state index contributed by atoms with van der Waals surface area (Å²) in [4.78, 5) is 4.33. The zero-order valence-electron chi connectivity index (χ0n) is 12.9. The van der Waals surface area contributed by atoms with Gasteiger partial charge in [-0.2, -0.15) is 5.10 Å². The quantitative estimate of drug-likeness (QED) is 0.751. The summed E-state index contributed by atoms with van der Waals surface area (Å²) in [6.07, 6.45) is 7.05. The van der Waals surface area contributed by atoms with Crippen LogP contribution in [0.3, 0.4) is 0 Å². The fourth-order valence-electron chi connectivity index (χ4n) is 4.37. The second kappa shape index (κ2) is 4.55. The van der Waals surface area contributed by atoms with Crippen LogP contribution >= 0.6 is 0 Å². The van der Waals surface area contributed by atoms with E-state index in [9.17, 15) is 5.11 Å². The average Bonchev–Trinajstić information content (AvgIpc) is 3.24. The van der Waals surface area contributed by atoms with Gasteiger partial charge in [0.05, 0.1) is 36.6 Å². The Morgan fingerprint density at radius 1 is 1.17 bits per heavy atom. The van der Waals surface area contributed by atoms with Crippen LogP contribution in [0.2, 0.25) is 0 Å². The van der Waals surface area contributed by atoms with E-state index in [-0.39, 0.29) is 12.0 Å². The van der Waals surface area contributed by atoms with Gasteiger partial charge in [-0.3, -0.25) is 4.68 Å². The van der Waals surface area contributed by atoms with Gasteiger partial charge in [-0.25, -0.2) is 4.98 Å². The molecular formula is C18H18N4O. The van der Waals surface area contributed by atoms with E-state index in [0.717, 1.165) is 29.8 Å². The zero-order chi connectivity index (χ0) is 15.6. The van der Waals surface area contributed by atoms with E-state index < -0.39 is 6.10 Å². The Kier molecular flexibility index (Phi) is 2.59. The summed E-state index contributed by atoms with van der Waals surface area (Å²) in [6.45, 7) is 0. The third-order valence-electron chi connectivity index (χ3n) is 5.46. The molecule has 5 nitrogen and oxygen atoms in total. The number of benzene rings is 1. The highest BCUT2D eigenvalue weighted by molar-refractivity contribution is 5.69. The summed E-state index contributed by atoms with van der Waals surface area (Å²) in [5.74, 6) is 0.142. The van der Waals surface area contributed by atoms with Gasteiger partial charge >= 0.3 is 0 Å². The number of hydrogen-bond donors (Lipinski definition) is 1. The maximum absolute atomic E-state index is 11.0. The zero-order valence-corrected chi connectivity index (χ0v) is 12.9. The second-order valence-electron chi connectivity index (χ2n) is 6.54. The molecule has 0 spiro atoms. The SMILES string of the molecule is Cn1ncc2c1CC[C@H]([C@@H]1c3ccccc3-c3cncn31)[C@H]2O. The summed E-state index contributed by atoms with van der Waals surface area (Å²) >= 11 is 0. The molecule has 3 aromatic rings. The first-order chi connectivity index (χ1) is 11.3. The standard InChI is InChI=1S/C18H18N4O/c1-21-15-7-6-13(18(23)14(15)8-20-21)17-12-5-3-2-4-11(12)16-9-19-10-22(16)17/h2-5,8-10,13,17-18,23H,6-7H2,1H3/t13-,17+,18-/m1/s1. The molecule has 1 aliphatic carbocycles. The van der Waals surface area contributed by atoms with Crippen molar-refractivity contribution in [2.24, 2.45) is 13.0 Å². The van der Waals surface area contributed by atoms with Gasteiger partial charge < -0.3 is 9.67 Å². The van der Waals surface area contributed by atoms with Crippen molar-refractivity contribution in [3.05, 3.63) is 59.8 Å². The van der Waals surface area contributed by atoms with Crippen molar-refractivity contribution in [3.8, 4) is 11.3 Å². The minimum Gasteiger partial charge on any atom is -0.388 e. The van der Waals surface area contributed by atoms with Gasteiger partial charge in [-0.15, -0.1) is 0 Å². The van der Waals surface area contributed by atoms with Crippen LogP contribution in [0.15, 0.2) is 43.0 Å². The molecule has 0 unspecified atom stereocenters. The molecule has 3 heterocycles. The predicted octanol–water partition coefficient (Wildman–Crippen LogP) is 2.48. The van der Waals surface area contributed by atoms with E-state index in [0.29, 0.717) is 0 Å². The molecule has 5 heteroatoms. The van der Waals surface area contributed by atoms with Crippen LogP contribution in [-0.2, 0) is 13.5 Å². The van der Waals surface area contributed by atoms with Crippen molar-refractivity contribution in [3.63, 3.8) is 0 Å². The predicted molar refractivity (Wildman–Crippen MR) is 85.8 cm³/mol. The van der Waals surface area contributed by atoms with Gasteiger partial charge in [0.1, 0.15) is 0 Å². The lowest BCUT2D eigenvalue weighted by molar-refractivity contribution is 0.0713. The third kappa shape index (κ3) is 1.65. The number of aryl methyl sites for hydroxylation is 1. The van der Waals surface area contributed by atoms with Crippen molar-refractivity contribution < 1.29 is 5.11 Å². The summed E-state index contributed by atoms with van der Waals surface area (Å²) in [7, 11) is 1.95. The molecule has 1 N–H and O–H groups in total. The molecule has 0 fully saturated rings. The molecule has 1 aliphatic heterocycles. The highest BCUT2D eigenvalue weighted by Gasteiger charge is 2.41. The van der Waals surface area contributed by atoms with Crippen molar-refractivity contribution >= 4 is 0 Å². The molecule has 2 aliphatic rings. The number of aliphatic hydroxyl groups excluding tert-OH is 1. The van der Waals surface area contributed by atoms with E-state index in [1.165, 1.54) is 11.1 Å². The molecule has 23 heavy (non-hydrogen) atoms. The van der Waals surface area contributed by atoms with Crippen LogP contribution in [0, 0.1) is 5.92 Å². The Hall–Kier alpha value is -2.40. The van der Waals surface area contributed by atoms with E-state index in [1.807, 2.05) is 30.5 Å². The molecule has 0 saturated heterocycles. The molecule has 116 valence electrons. The lowest BCUT2D eigenvalue weighted by Crippen LogP contribution is -2.28. The van der Waals surface area contributed by atoms with Gasteiger partial charge in [0, 0.05) is 29.8 Å². The van der Waals surface area contributed by atoms with E-state index >= 15 is 0 Å². The molecule has 2 aromatic heterocycles.